The minimum absolute atomic E-state index is 0.00231. The second-order valence-corrected chi connectivity index (χ2v) is 40.6. The van der Waals surface area contributed by atoms with Gasteiger partial charge in [0.2, 0.25) is 0 Å². The average molecular weight is 1820 g/mol. The van der Waals surface area contributed by atoms with Crippen molar-refractivity contribution in [3.05, 3.63) is 452 Å². The molecule has 0 saturated carbocycles. The quantitative estimate of drug-likeness (QED) is 0.118. The molecule has 27 rings (SSSR count). The van der Waals surface area contributed by atoms with E-state index >= 15 is 0 Å². The van der Waals surface area contributed by atoms with Crippen molar-refractivity contribution < 1.29 is 0 Å². The van der Waals surface area contributed by atoms with Gasteiger partial charge >= 0.3 is 0 Å². The standard InChI is InChI=1S/3C42H29N3S/c1-42(2)35-22-10-9-19-31(35)33-25-37-34(24-36(33)42)32-21-12-20-30(38(32)46-37)28-17-11-18-29(23-28)41-44-39(26-13-5-3-6-14-26)43-40(45-41)27-15-7-4-8-16-27;1-42(2)34-19-10-9-18-32(34)37-35(42)22-21-31-33-25-29(20-23-36(33)46-38(31)37)28-16-11-17-30(24-28)41-44-39(26-12-5-3-6-13-26)43-40(45-41)27-14-7-4-8-15-27;1-42(2)35-19-10-9-16-31(35)33-25-37-34(24-36(33)42)32-18-11-17-30(38(32)46-37)26-20-22-29(23-21-26)41-44-39(27-12-5-3-6-13-27)43-40(45-41)28-14-7-4-8-15-28/h3*3-25H,1-2H3. The van der Waals surface area contributed by atoms with Crippen LogP contribution in [0.4, 0.5) is 0 Å². The molecule has 0 aliphatic heterocycles. The molecule has 0 fully saturated rings. The van der Waals surface area contributed by atoms with Crippen LogP contribution < -0.4 is 0 Å². The van der Waals surface area contributed by atoms with Gasteiger partial charge in [-0.05, 0) is 143 Å². The van der Waals surface area contributed by atoms with Gasteiger partial charge in [-0.25, -0.2) is 44.9 Å². The van der Waals surface area contributed by atoms with Gasteiger partial charge in [0.15, 0.2) is 52.4 Å². The summed E-state index contributed by atoms with van der Waals surface area (Å²) in [7, 11) is 0. The second-order valence-electron chi connectivity index (χ2n) is 37.4. The molecule has 0 amide bonds. The molecule has 0 bridgehead atoms. The van der Waals surface area contributed by atoms with E-state index in [-0.39, 0.29) is 16.2 Å². The zero-order valence-electron chi connectivity index (χ0n) is 76.6. The molecular formula is C126H87N9S3. The lowest BCUT2D eigenvalue weighted by Gasteiger charge is -2.21. The zero-order chi connectivity index (χ0) is 92.5. The number of fused-ring (bicyclic) bond motifs is 19. The number of hydrogen-bond donors (Lipinski definition) is 0. The Labute approximate surface area is 812 Å². The van der Waals surface area contributed by atoms with E-state index < -0.39 is 0 Å². The van der Waals surface area contributed by atoms with Crippen molar-refractivity contribution >= 4 is 94.5 Å². The van der Waals surface area contributed by atoms with Crippen LogP contribution in [0.3, 0.4) is 0 Å². The Morgan fingerprint density at radius 2 is 0.428 bits per heavy atom. The highest BCUT2D eigenvalue weighted by atomic mass is 32.1. The maximum atomic E-state index is 4.98. The van der Waals surface area contributed by atoms with E-state index in [1.165, 1.54) is 150 Å². The lowest BCUT2D eigenvalue weighted by Crippen LogP contribution is -2.14. The highest BCUT2D eigenvalue weighted by molar-refractivity contribution is 7.27. The van der Waals surface area contributed by atoms with Gasteiger partial charge in [0.1, 0.15) is 0 Å². The molecule has 0 spiro atoms. The summed E-state index contributed by atoms with van der Waals surface area (Å²) in [5, 5.41) is 7.90. The van der Waals surface area contributed by atoms with E-state index in [9.17, 15) is 0 Å². The summed E-state index contributed by atoms with van der Waals surface area (Å²) in [6.07, 6.45) is 0. The van der Waals surface area contributed by atoms with E-state index in [4.69, 9.17) is 44.9 Å². The summed E-state index contributed by atoms with van der Waals surface area (Å²) < 4.78 is 7.96. The molecule has 0 atom stereocenters. The van der Waals surface area contributed by atoms with Gasteiger partial charge in [-0.1, -0.05) is 412 Å². The summed E-state index contributed by atoms with van der Waals surface area (Å²) in [6.45, 7) is 14.1. The van der Waals surface area contributed by atoms with Crippen molar-refractivity contribution in [3.63, 3.8) is 0 Å². The first-order valence-corrected chi connectivity index (χ1v) is 49.3. The van der Waals surface area contributed by atoms with Crippen LogP contribution in [0, 0.1) is 0 Å². The van der Waals surface area contributed by atoms with E-state index in [0.717, 1.165) is 61.2 Å². The number of thiophene rings is 3. The zero-order valence-corrected chi connectivity index (χ0v) is 79.0. The second kappa shape index (κ2) is 33.6. The Kier molecular flexibility index (Phi) is 20.3. The van der Waals surface area contributed by atoms with Crippen LogP contribution in [0.15, 0.2) is 419 Å². The number of hydrogen-bond acceptors (Lipinski definition) is 12. The third kappa shape index (κ3) is 14.5. The normalized spacial score (nSPS) is 13.2. The highest BCUT2D eigenvalue weighted by Gasteiger charge is 2.40. The van der Waals surface area contributed by atoms with Gasteiger partial charge in [0.05, 0.1) is 0 Å². The molecule has 654 valence electrons. The third-order valence-electron chi connectivity index (χ3n) is 28.0. The molecule has 0 radical (unpaired) electrons. The van der Waals surface area contributed by atoms with Crippen molar-refractivity contribution in [3.8, 4) is 169 Å². The number of rotatable bonds is 12. The summed E-state index contributed by atoms with van der Waals surface area (Å²) >= 11 is 5.68. The van der Waals surface area contributed by atoms with Crippen LogP contribution in [-0.4, -0.2) is 44.9 Å². The molecule has 3 aliphatic carbocycles. The molecule has 138 heavy (non-hydrogen) atoms. The predicted octanol–water partition coefficient (Wildman–Crippen LogP) is 33.6. The molecule has 9 nitrogen and oxygen atoms in total. The van der Waals surface area contributed by atoms with E-state index in [1.54, 1.807) is 0 Å². The topological polar surface area (TPSA) is 116 Å². The lowest BCUT2D eigenvalue weighted by atomic mass is 9.82. The number of benzene rings is 18. The SMILES string of the molecule is CC1(C)c2ccccc2-c2c1ccc1c2sc2ccc(-c3cccc(-c4nc(-c5ccccc5)nc(-c5ccccc5)n4)c3)cc21.CC1(C)c2ccccc2-c2cc3sc4c(-c5ccc(-c6nc(-c7ccccc7)nc(-c7ccccc7)n6)cc5)cccc4c3cc21.CC1(C)c2ccccc2-c2cc3sc4c(-c5cccc(-c6nc(-c7ccccc7)nc(-c7ccccc7)n6)c5)cccc4c3cc21. The van der Waals surface area contributed by atoms with Gasteiger partial charge in [-0.15, -0.1) is 34.0 Å². The summed E-state index contributed by atoms with van der Waals surface area (Å²) in [5.74, 6) is 5.98. The fraction of sp³-hybridized carbons (Fsp3) is 0.0714. The molecule has 18 aromatic carbocycles. The average Bonchev–Trinajstić information content (AvgIpc) is 1.57. The Hall–Kier alpha value is -16.4. The monoisotopic (exact) mass is 1820 g/mol. The van der Waals surface area contributed by atoms with Gasteiger partial charge in [0.25, 0.3) is 0 Å². The first kappa shape index (κ1) is 83.5. The van der Waals surface area contributed by atoms with Crippen molar-refractivity contribution in [2.75, 3.05) is 0 Å². The lowest BCUT2D eigenvalue weighted by molar-refractivity contribution is 0.661. The molecular weight excluding hydrogens is 1740 g/mol. The van der Waals surface area contributed by atoms with Gasteiger partial charge < -0.3 is 0 Å². The van der Waals surface area contributed by atoms with Gasteiger partial charge in [0, 0.05) is 132 Å². The van der Waals surface area contributed by atoms with Gasteiger partial charge in [-0.2, -0.15) is 0 Å². The molecule has 6 aromatic heterocycles. The van der Waals surface area contributed by atoms with Crippen molar-refractivity contribution in [2.45, 2.75) is 57.8 Å². The highest BCUT2D eigenvalue weighted by Crippen LogP contribution is 2.57. The van der Waals surface area contributed by atoms with Crippen LogP contribution in [0.1, 0.15) is 74.9 Å². The van der Waals surface area contributed by atoms with E-state index in [0.29, 0.717) is 52.4 Å². The minimum atomic E-state index is -0.0257. The molecule has 0 saturated heterocycles. The summed E-state index contributed by atoms with van der Waals surface area (Å²) in [6, 6.07) is 148. The summed E-state index contributed by atoms with van der Waals surface area (Å²) in [4.78, 5) is 44.3. The van der Waals surface area contributed by atoms with E-state index in [2.05, 4.69) is 278 Å². The summed E-state index contributed by atoms with van der Waals surface area (Å²) in [5.41, 5.74) is 32.4. The van der Waals surface area contributed by atoms with Crippen LogP contribution >= 0.6 is 34.0 Å². The van der Waals surface area contributed by atoms with Crippen molar-refractivity contribution in [1.82, 2.24) is 44.9 Å². The maximum absolute atomic E-state index is 4.98. The van der Waals surface area contributed by atoms with Crippen LogP contribution in [0.25, 0.3) is 230 Å². The van der Waals surface area contributed by atoms with Gasteiger partial charge in [-0.3, -0.25) is 0 Å². The Morgan fingerprint density at radius 3 is 0.848 bits per heavy atom. The molecule has 0 N–H and O–H groups in total. The first-order valence-electron chi connectivity index (χ1n) is 46.9. The molecule has 12 heteroatoms. The van der Waals surface area contributed by atoms with Crippen LogP contribution in [0.5, 0.6) is 0 Å². The molecule has 3 aliphatic rings. The smallest absolute Gasteiger partial charge is 0.164 e. The van der Waals surface area contributed by atoms with Crippen molar-refractivity contribution in [1.29, 1.82) is 0 Å². The van der Waals surface area contributed by atoms with Crippen LogP contribution in [0.2, 0.25) is 0 Å². The minimum Gasteiger partial charge on any atom is -0.208 e. The molecule has 0 unspecified atom stereocenters. The largest absolute Gasteiger partial charge is 0.208 e. The predicted molar refractivity (Wildman–Crippen MR) is 576 cm³/mol. The number of nitrogens with zero attached hydrogens (tertiary/aromatic N) is 9. The van der Waals surface area contributed by atoms with E-state index in [1.807, 2.05) is 216 Å². The van der Waals surface area contributed by atoms with Crippen molar-refractivity contribution in [2.24, 2.45) is 0 Å². The fourth-order valence-electron chi connectivity index (χ4n) is 20.9. The first-order chi connectivity index (χ1) is 67.6. The van der Waals surface area contributed by atoms with Crippen LogP contribution in [-0.2, 0) is 16.2 Å². The Balaban J connectivity index is 0.000000110. The molecule has 24 aromatic rings. The Bertz CT molecular complexity index is 8790. The Morgan fingerprint density at radius 1 is 0.152 bits per heavy atom. The third-order valence-corrected chi connectivity index (χ3v) is 31.6. The fourth-order valence-corrected chi connectivity index (χ4v) is 24.7. The molecule has 6 heterocycles. The number of aromatic nitrogens is 9. The maximum Gasteiger partial charge on any atom is 0.164 e.